The summed E-state index contributed by atoms with van der Waals surface area (Å²) in [6.45, 7) is 0. The van der Waals surface area contributed by atoms with Crippen LogP contribution in [0.15, 0.2) is 24.3 Å². The third-order valence-electron chi connectivity index (χ3n) is 2.61. The molecule has 0 atom stereocenters. The molecule has 4 heteroatoms. The number of benzene rings is 1. The van der Waals surface area contributed by atoms with E-state index in [0.717, 1.165) is 18.4 Å². The third kappa shape index (κ3) is 1.92. The molecule has 2 rings (SSSR count). The maximum atomic E-state index is 11.1. The summed E-state index contributed by atoms with van der Waals surface area (Å²) in [5, 5.41) is 3.43. The van der Waals surface area contributed by atoms with Gasteiger partial charge in [-0.05, 0) is 24.5 Å². The molecule has 1 N–H and O–H groups in total. The smallest absolute Gasteiger partial charge is 0.407 e. The van der Waals surface area contributed by atoms with Crippen molar-refractivity contribution in [3.8, 4) is 0 Å². The number of carbonyl (C=O) groups is 1. The van der Waals surface area contributed by atoms with Gasteiger partial charge in [-0.1, -0.05) is 29.8 Å². The van der Waals surface area contributed by atoms with Gasteiger partial charge in [0.2, 0.25) is 0 Å². The fraction of sp³-hybridized carbons (Fsp3) is 0.273. The Morgan fingerprint density at radius 1 is 1.47 bits per heavy atom. The lowest BCUT2D eigenvalue weighted by Gasteiger charge is -2.17. The lowest BCUT2D eigenvalue weighted by atomic mass is 10.1. The van der Waals surface area contributed by atoms with Crippen molar-refractivity contribution in [3.05, 3.63) is 42.0 Å². The van der Waals surface area contributed by atoms with Crippen LogP contribution >= 0.6 is 11.6 Å². The first-order valence-corrected chi connectivity index (χ1v) is 5.05. The van der Waals surface area contributed by atoms with E-state index in [4.69, 9.17) is 11.6 Å². The summed E-state index contributed by atoms with van der Waals surface area (Å²) in [6.07, 6.45) is 1.24. The highest BCUT2D eigenvalue weighted by Crippen LogP contribution is 2.47. The van der Waals surface area contributed by atoms with Crippen LogP contribution in [0.4, 0.5) is 4.79 Å². The maximum absolute atomic E-state index is 11.1. The molecule has 0 unspecified atom stereocenters. The van der Waals surface area contributed by atoms with Gasteiger partial charge in [0.1, 0.15) is 7.11 Å². The normalized spacial score (nSPS) is 16.9. The van der Waals surface area contributed by atoms with E-state index in [1.807, 2.05) is 24.3 Å². The quantitative estimate of drug-likeness (QED) is 0.839. The average molecular weight is 225 g/mol. The third-order valence-corrected chi connectivity index (χ3v) is 2.94. The Kier molecular flexibility index (Phi) is 2.57. The summed E-state index contributed by atoms with van der Waals surface area (Å²) < 4.78 is 4.34. The Bertz CT molecular complexity index is 388. The summed E-state index contributed by atoms with van der Waals surface area (Å²) in [7, 11) is 3.07. The lowest BCUT2D eigenvalue weighted by molar-refractivity contribution is 0.177. The Hall–Kier alpha value is -1.22. The molecule has 1 aliphatic rings. The van der Waals surface area contributed by atoms with E-state index in [2.05, 4.69) is 17.2 Å². The molecule has 0 heterocycles. The van der Waals surface area contributed by atoms with Gasteiger partial charge in [0.15, 0.2) is 0 Å². The predicted molar refractivity (Wildman–Crippen MR) is 57.3 cm³/mol. The first-order chi connectivity index (χ1) is 7.18. The Morgan fingerprint density at radius 3 is 2.67 bits per heavy atom. The van der Waals surface area contributed by atoms with Gasteiger partial charge in [0.05, 0.1) is 5.54 Å². The Balaban J connectivity index is 2.23. The SMILES string of the molecule is [CH2]OC(=O)NC1(c2ccccc2Cl)CC1. The van der Waals surface area contributed by atoms with Crippen molar-refractivity contribution in [1.29, 1.82) is 0 Å². The second kappa shape index (κ2) is 3.74. The van der Waals surface area contributed by atoms with E-state index in [1.165, 1.54) is 0 Å². The van der Waals surface area contributed by atoms with Crippen molar-refractivity contribution in [2.75, 3.05) is 0 Å². The minimum atomic E-state index is -0.521. The van der Waals surface area contributed by atoms with Crippen molar-refractivity contribution < 1.29 is 9.53 Å². The lowest BCUT2D eigenvalue weighted by Crippen LogP contribution is -2.34. The average Bonchev–Trinajstić information content (AvgIpc) is 2.99. The number of carbonyl (C=O) groups excluding carboxylic acids is 1. The molecule has 1 fully saturated rings. The van der Waals surface area contributed by atoms with Gasteiger partial charge in [-0.15, -0.1) is 0 Å². The summed E-state index contributed by atoms with van der Waals surface area (Å²) in [5.74, 6) is 0. The van der Waals surface area contributed by atoms with Crippen LogP contribution < -0.4 is 5.32 Å². The molecule has 0 aliphatic heterocycles. The van der Waals surface area contributed by atoms with Crippen molar-refractivity contribution in [3.63, 3.8) is 0 Å². The van der Waals surface area contributed by atoms with Gasteiger partial charge >= 0.3 is 6.09 Å². The molecule has 1 aliphatic carbocycles. The van der Waals surface area contributed by atoms with E-state index in [1.54, 1.807) is 0 Å². The zero-order chi connectivity index (χ0) is 10.9. The second-order valence-electron chi connectivity index (χ2n) is 3.62. The fourth-order valence-electron chi connectivity index (χ4n) is 1.67. The minimum absolute atomic E-state index is 0.340. The summed E-state index contributed by atoms with van der Waals surface area (Å²) >= 11 is 6.07. The highest BCUT2D eigenvalue weighted by atomic mass is 35.5. The topological polar surface area (TPSA) is 38.3 Å². The molecule has 1 saturated carbocycles. The van der Waals surface area contributed by atoms with Gasteiger partial charge < -0.3 is 10.1 Å². The van der Waals surface area contributed by atoms with Gasteiger partial charge in [-0.25, -0.2) is 4.79 Å². The molecular formula is C11H11ClNO2. The number of rotatable bonds is 2. The molecule has 1 aromatic carbocycles. The van der Waals surface area contributed by atoms with Crippen LogP contribution in [-0.2, 0) is 10.3 Å². The van der Waals surface area contributed by atoms with Crippen molar-refractivity contribution >= 4 is 17.7 Å². The fourth-order valence-corrected chi connectivity index (χ4v) is 1.98. The molecule has 1 radical (unpaired) electrons. The predicted octanol–water partition coefficient (Wildman–Crippen LogP) is 2.85. The van der Waals surface area contributed by atoms with Crippen LogP contribution in [0.3, 0.4) is 0 Å². The molecule has 1 aromatic rings. The second-order valence-corrected chi connectivity index (χ2v) is 4.03. The number of amides is 1. The summed E-state index contributed by atoms with van der Waals surface area (Å²) in [5.41, 5.74) is 0.602. The van der Waals surface area contributed by atoms with E-state index in [-0.39, 0.29) is 5.54 Å². The Morgan fingerprint density at radius 2 is 2.13 bits per heavy atom. The number of hydrogen-bond donors (Lipinski definition) is 1. The van der Waals surface area contributed by atoms with Crippen LogP contribution in [0, 0.1) is 7.11 Å². The number of ether oxygens (including phenoxy) is 1. The van der Waals surface area contributed by atoms with E-state index >= 15 is 0 Å². The van der Waals surface area contributed by atoms with Gasteiger partial charge in [-0.2, -0.15) is 0 Å². The van der Waals surface area contributed by atoms with Crippen molar-refractivity contribution in [2.45, 2.75) is 18.4 Å². The molecule has 0 saturated heterocycles. The first kappa shape index (κ1) is 10.3. The van der Waals surface area contributed by atoms with E-state index in [0.29, 0.717) is 5.02 Å². The number of nitrogens with one attached hydrogen (secondary N) is 1. The monoisotopic (exact) mass is 224 g/mol. The highest BCUT2D eigenvalue weighted by Gasteiger charge is 2.47. The first-order valence-electron chi connectivity index (χ1n) is 4.67. The van der Waals surface area contributed by atoms with Crippen LogP contribution in [0.1, 0.15) is 18.4 Å². The van der Waals surface area contributed by atoms with Gasteiger partial charge in [0.25, 0.3) is 0 Å². The van der Waals surface area contributed by atoms with E-state index in [9.17, 15) is 4.79 Å². The molecule has 0 spiro atoms. The number of alkyl carbamates (subject to hydrolysis) is 1. The molecular weight excluding hydrogens is 214 g/mol. The van der Waals surface area contributed by atoms with Gasteiger partial charge in [-0.3, -0.25) is 0 Å². The zero-order valence-corrected chi connectivity index (χ0v) is 8.88. The largest absolute Gasteiger partial charge is 0.446 e. The maximum Gasteiger partial charge on any atom is 0.407 e. The van der Waals surface area contributed by atoms with Crippen LogP contribution in [0.2, 0.25) is 5.02 Å². The minimum Gasteiger partial charge on any atom is -0.446 e. The number of hydrogen-bond acceptors (Lipinski definition) is 2. The Labute approximate surface area is 93.4 Å². The van der Waals surface area contributed by atoms with E-state index < -0.39 is 6.09 Å². The molecule has 15 heavy (non-hydrogen) atoms. The van der Waals surface area contributed by atoms with Crippen molar-refractivity contribution in [2.24, 2.45) is 0 Å². The standard InChI is InChI=1S/C11H11ClNO2/c1-15-10(14)13-11(6-7-11)8-4-2-3-5-9(8)12/h2-5H,1,6-7H2,(H,13,14). The van der Waals surface area contributed by atoms with Gasteiger partial charge in [0, 0.05) is 5.02 Å². The van der Waals surface area contributed by atoms with Crippen molar-refractivity contribution in [1.82, 2.24) is 5.32 Å². The van der Waals surface area contributed by atoms with Crippen LogP contribution in [0.5, 0.6) is 0 Å². The number of halogens is 1. The summed E-state index contributed by atoms with van der Waals surface area (Å²) in [4.78, 5) is 11.1. The molecule has 0 aromatic heterocycles. The molecule has 1 amide bonds. The zero-order valence-electron chi connectivity index (χ0n) is 8.13. The molecule has 0 bridgehead atoms. The molecule has 3 nitrogen and oxygen atoms in total. The molecule has 79 valence electrons. The highest BCUT2D eigenvalue weighted by molar-refractivity contribution is 6.31. The summed E-state index contributed by atoms with van der Waals surface area (Å²) in [6, 6.07) is 7.49. The van der Waals surface area contributed by atoms with Crippen LogP contribution in [0.25, 0.3) is 0 Å². The van der Waals surface area contributed by atoms with Crippen LogP contribution in [-0.4, -0.2) is 6.09 Å².